The molecule has 0 unspecified atom stereocenters. The summed E-state index contributed by atoms with van der Waals surface area (Å²) in [5, 5.41) is 8.57. The van der Waals surface area contributed by atoms with Crippen molar-refractivity contribution in [2.75, 3.05) is 6.61 Å². The van der Waals surface area contributed by atoms with Gasteiger partial charge in [-0.25, -0.2) is 14.4 Å². The van der Waals surface area contributed by atoms with Gasteiger partial charge in [0.25, 0.3) is 0 Å². The lowest BCUT2D eigenvalue weighted by Gasteiger charge is -2.04. The molecule has 0 bridgehead atoms. The van der Waals surface area contributed by atoms with Gasteiger partial charge in [0.05, 0.1) is 19.0 Å². The maximum absolute atomic E-state index is 13.2. The first kappa shape index (κ1) is 19.9. The minimum atomic E-state index is -0.295. The molecule has 0 saturated heterocycles. The third-order valence-electron chi connectivity index (χ3n) is 4.92. The average Bonchev–Trinajstić information content (AvgIpc) is 3.45. The summed E-state index contributed by atoms with van der Waals surface area (Å²) in [4.78, 5) is 9.02. The van der Waals surface area contributed by atoms with E-state index in [1.807, 2.05) is 30.3 Å². The van der Waals surface area contributed by atoms with Gasteiger partial charge in [-0.3, -0.25) is 4.68 Å². The molecule has 0 radical (unpaired) electrons. The van der Waals surface area contributed by atoms with Crippen LogP contribution in [0.1, 0.15) is 19.1 Å². The smallest absolute Gasteiger partial charge is 0.160 e. The zero-order chi connectivity index (χ0) is 21.9. The molecule has 5 rings (SSSR count). The minimum Gasteiger partial charge on any atom is -0.494 e. The van der Waals surface area contributed by atoms with Crippen LogP contribution >= 0.6 is 0 Å². The zero-order valence-electron chi connectivity index (χ0n) is 17.4. The van der Waals surface area contributed by atoms with E-state index in [-0.39, 0.29) is 5.82 Å². The van der Waals surface area contributed by atoms with Crippen molar-refractivity contribution in [3.8, 4) is 39.8 Å². The number of hydrogen-bond acceptors (Lipinski definition) is 6. The Labute approximate surface area is 183 Å². The maximum atomic E-state index is 13.2. The molecule has 0 atom stereocenters. The second-order valence-corrected chi connectivity index (χ2v) is 7.35. The number of imidazole rings is 1. The van der Waals surface area contributed by atoms with Crippen molar-refractivity contribution < 1.29 is 13.7 Å². The Balaban J connectivity index is 1.32. The molecular formula is C24H20FN5O2. The lowest BCUT2D eigenvalue weighted by molar-refractivity contribution is 0.317. The number of halogens is 1. The van der Waals surface area contributed by atoms with Gasteiger partial charge in [0.15, 0.2) is 11.6 Å². The van der Waals surface area contributed by atoms with Crippen LogP contribution in [0.4, 0.5) is 4.39 Å². The van der Waals surface area contributed by atoms with Crippen molar-refractivity contribution in [1.29, 1.82) is 0 Å². The van der Waals surface area contributed by atoms with E-state index in [0.29, 0.717) is 36.1 Å². The Bertz CT molecular complexity index is 1290. The summed E-state index contributed by atoms with van der Waals surface area (Å²) in [6.07, 6.45) is 4.43. The van der Waals surface area contributed by atoms with Crippen molar-refractivity contribution in [2.24, 2.45) is 0 Å². The fourth-order valence-corrected chi connectivity index (χ4v) is 3.30. The van der Waals surface area contributed by atoms with E-state index in [4.69, 9.17) is 9.26 Å². The summed E-state index contributed by atoms with van der Waals surface area (Å²) in [7, 11) is 0. The minimum absolute atomic E-state index is 0.295. The normalized spacial score (nSPS) is 11.2. The van der Waals surface area contributed by atoms with E-state index in [1.165, 1.54) is 12.1 Å². The summed E-state index contributed by atoms with van der Waals surface area (Å²) in [6.45, 7) is 3.17. The highest BCUT2D eigenvalue weighted by Gasteiger charge is 2.15. The molecule has 160 valence electrons. The maximum Gasteiger partial charge on any atom is 0.160 e. The highest BCUT2D eigenvalue weighted by Crippen LogP contribution is 2.25. The molecule has 7 nitrogen and oxygen atoms in total. The second-order valence-electron chi connectivity index (χ2n) is 7.35. The van der Waals surface area contributed by atoms with Gasteiger partial charge in [-0.15, -0.1) is 0 Å². The fraction of sp³-hybridized carbons (Fsp3) is 0.167. The Morgan fingerprint density at radius 1 is 0.938 bits per heavy atom. The molecule has 0 spiro atoms. The van der Waals surface area contributed by atoms with Crippen molar-refractivity contribution >= 4 is 0 Å². The van der Waals surface area contributed by atoms with Crippen molar-refractivity contribution in [3.05, 3.63) is 78.6 Å². The van der Waals surface area contributed by atoms with E-state index >= 15 is 0 Å². The number of nitrogens with zero attached hydrogens (tertiary/aromatic N) is 5. The van der Waals surface area contributed by atoms with Crippen LogP contribution in [0.5, 0.6) is 5.75 Å². The Hall–Kier alpha value is -4.07. The third-order valence-corrected chi connectivity index (χ3v) is 4.92. The predicted octanol–water partition coefficient (Wildman–Crippen LogP) is 5.08. The van der Waals surface area contributed by atoms with Crippen LogP contribution in [0.2, 0.25) is 0 Å². The lowest BCUT2D eigenvalue weighted by atomic mass is 10.1. The van der Waals surface area contributed by atoms with Crippen molar-refractivity contribution in [1.82, 2.24) is 24.9 Å². The lowest BCUT2D eigenvalue weighted by Crippen LogP contribution is -2.04. The molecule has 3 heterocycles. The Kier molecular flexibility index (Phi) is 5.33. The van der Waals surface area contributed by atoms with E-state index in [1.54, 1.807) is 29.2 Å². The van der Waals surface area contributed by atoms with Crippen LogP contribution in [-0.2, 0) is 6.54 Å². The monoisotopic (exact) mass is 429 g/mol. The zero-order valence-corrected chi connectivity index (χ0v) is 17.4. The number of benzene rings is 2. The van der Waals surface area contributed by atoms with Gasteiger partial charge in [-0.05, 0) is 55.0 Å². The van der Waals surface area contributed by atoms with Gasteiger partial charge >= 0.3 is 0 Å². The summed E-state index contributed by atoms with van der Waals surface area (Å²) < 4.78 is 26.0. The quantitative estimate of drug-likeness (QED) is 0.359. The highest BCUT2D eigenvalue weighted by molar-refractivity contribution is 5.65. The van der Waals surface area contributed by atoms with Crippen LogP contribution in [0.3, 0.4) is 0 Å². The second kappa shape index (κ2) is 8.58. The molecule has 0 N–H and O–H groups in total. The van der Waals surface area contributed by atoms with Gasteiger partial charge in [0.2, 0.25) is 0 Å². The number of ether oxygens (including phenoxy) is 1. The van der Waals surface area contributed by atoms with E-state index in [2.05, 4.69) is 27.1 Å². The first-order valence-corrected chi connectivity index (χ1v) is 10.3. The molecule has 0 fully saturated rings. The SMILES string of the molecule is CCCOc1ccc(-c2cc(Cn3cc4nc(-c5ccc(F)cc5)nc-4cn3)on2)cc1. The predicted molar refractivity (Wildman–Crippen MR) is 117 cm³/mol. The van der Waals surface area contributed by atoms with E-state index in [0.717, 1.165) is 29.0 Å². The Morgan fingerprint density at radius 2 is 1.69 bits per heavy atom. The molecule has 2 aliphatic heterocycles. The molecule has 2 aliphatic rings. The van der Waals surface area contributed by atoms with Gasteiger partial charge in [-0.2, -0.15) is 5.10 Å². The largest absolute Gasteiger partial charge is 0.494 e. The van der Waals surface area contributed by atoms with Crippen LogP contribution in [0.15, 0.2) is 71.5 Å². The van der Waals surface area contributed by atoms with Gasteiger partial charge in [0.1, 0.15) is 35.2 Å². The third kappa shape index (κ3) is 4.20. The molecule has 1 aromatic heterocycles. The van der Waals surface area contributed by atoms with Gasteiger partial charge < -0.3 is 9.26 Å². The molecule has 0 saturated carbocycles. The molecule has 8 heteroatoms. The topological polar surface area (TPSA) is 78.9 Å². The standard InChI is InChI=1S/C24H20FN5O2/c1-2-11-31-19-9-5-16(6-10-19)21-12-20(32-29-21)14-30-15-23-22(13-26-30)27-24(28-23)17-3-7-18(25)8-4-17/h3-10,12-13,15H,2,11,14H2,1H3. The summed E-state index contributed by atoms with van der Waals surface area (Å²) in [6, 6.07) is 15.8. The van der Waals surface area contributed by atoms with E-state index < -0.39 is 0 Å². The summed E-state index contributed by atoms with van der Waals surface area (Å²) >= 11 is 0. The molecule has 3 aromatic rings. The molecular weight excluding hydrogens is 409 g/mol. The van der Waals surface area contributed by atoms with Crippen LogP contribution in [-0.4, -0.2) is 31.5 Å². The van der Waals surface area contributed by atoms with Crippen molar-refractivity contribution in [3.63, 3.8) is 0 Å². The van der Waals surface area contributed by atoms with Crippen LogP contribution in [0.25, 0.3) is 34.0 Å². The first-order chi connectivity index (χ1) is 15.7. The molecule has 32 heavy (non-hydrogen) atoms. The van der Waals surface area contributed by atoms with E-state index in [9.17, 15) is 4.39 Å². The summed E-state index contributed by atoms with van der Waals surface area (Å²) in [5.41, 5.74) is 3.81. The number of aromatic nitrogens is 5. The number of fused-ring (bicyclic) bond motifs is 1. The first-order valence-electron chi connectivity index (χ1n) is 10.3. The molecule has 0 amide bonds. The number of rotatable bonds is 7. The van der Waals surface area contributed by atoms with Gasteiger partial charge in [-0.1, -0.05) is 12.1 Å². The average molecular weight is 429 g/mol. The summed E-state index contributed by atoms with van der Waals surface area (Å²) in [5.74, 6) is 1.74. The number of hydrogen-bond donors (Lipinski definition) is 0. The molecule has 2 aromatic carbocycles. The van der Waals surface area contributed by atoms with Gasteiger partial charge in [0, 0.05) is 17.2 Å². The van der Waals surface area contributed by atoms with Crippen LogP contribution in [0, 0.1) is 5.82 Å². The van der Waals surface area contributed by atoms with Crippen LogP contribution < -0.4 is 4.74 Å². The fourth-order valence-electron chi connectivity index (χ4n) is 3.30. The molecule has 0 aliphatic carbocycles. The highest BCUT2D eigenvalue weighted by atomic mass is 19.1. The Morgan fingerprint density at radius 3 is 2.47 bits per heavy atom. The van der Waals surface area contributed by atoms with Crippen molar-refractivity contribution in [2.45, 2.75) is 19.9 Å².